The quantitative estimate of drug-likeness (QED) is 0.512. The van der Waals surface area contributed by atoms with Gasteiger partial charge in [-0.25, -0.2) is 0 Å². The molecule has 0 N–H and O–H groups in total. The van der Waals surface area contributed by atoms with Crippen LogP contribution < -0.4 is 0 Å². The maximum atomic E-state index is 2.31. The highest BCUT2D eigenvalue weighted by Gasteiger charge is 2.25. The van der Waals surface area contributed by atoms with Crippen molar-refractivity contribution in [3.8, 4) is 5.69 Å². The van der Waals surface area contributed by atoms with E-state index < -0.39 is 0 Å². The second kappa shape index (κ2) is 1.74. The van der Waals surface area contributed by atoms with Crippen molar-refractivity contribution in [2.24, 2.45) is 0 Å². The third-order valence-electron chi connectivity index (χ3n) is 2.80. The molecule has 3 rings (SSSR count). The average molecular weight is 157 g/mol. The van der Waals surface area contributed by atoms with Crippen LogP contribution in [-0.2, 0) is 6.42 Å². The summed E-state index contributed by atoms with van der Waals surface area (Å²) in [7, 11) is 0. The first-order valence-corrected chi connectivity index (χ1v) is 4.47. The summed E-state index contributed by atoms with van der Waals surface area (Å²) in [6.07, 6.45) is 3.42. The standard InChI is InChI=1S/C11H11N/c1-3-8-6-12-10-7(2)4-5-9(8)11(10)12/h4-6H,3H2,1-2H3. The molecule has 1 aliphatic heterocycles. The van der Waals surface area contributed by atoms with Crippen LogP contribution in [0.3, 0.4) is 0 Å². The monoisotopic (exact) mass is 157 g/mol. The average Bonchev–Trinajstić information content (AvgIpc) is 2.67. The maximum Gasteiger partial charge on any atom is 0.0777 e. The van der Waals surface area contributed by atoms with Crippen LogP contribution in [-0.4, -0.2) is 4.57 Å². The highest BCUT2D eigenvalue weighted by molar-refractivity contribution is 6.02. The SMILES string of the molecule is CCc1cn2c3c-2c(C)ccc13. The fourth-order valence-corrected chi connectivity index (χ4v) is 2.07. The first-order chi connectivity index (χ1) is 5.83. The van der Waals surface area contributed by atoms with Crippen LogP contribution in [0.1, 0.15) is 18.1 Å². The number of pyridine rings is 1. The van der Waals surface area contributed by atoms with Gasteiger partial charge in [0.15, 0.2) is 0 Å². The maximum absolute atomic E-state index is 2.31. The Hall–Kier alpha value is -1.24. The van der Waals surface area contributed by atoms with E-state index in [1.165, 1.54) is 27.7 Å². The van der Waals surface area contributed by atoms with Crippen molar-refractivity contribution in [1.82, 2.24) is 4.57 Å². The molecular weight excluding hydrogens is 146 g/mol. The summed E-state index contributed by atoms with van der Waals surface area (Å²) < 4.78 is 2.31. The molecule has 0 radical (unpaired) electrons. The number of rotatable bonds is 1. The smallest absolute Gasteiger partial charge is 0.0777 e. The molecule has 0 spiro atoms. The van der Waals surface area contributed by atoms with E-state index in [1.807, 2.05) is 0 Å². The highest BCUT2D eigenvalue weighted by Crippen LogP contribution is 2.41. The molecule has 0 saturated carbocycles. The predicted molar refractivity (Wildman–Crippen MR) is 50.9 cm³/mol. The van der Waals surface area contributed by atoms with Gasteiger partial charge < -0.3 is 4.57 Å². The van der Waals surface area contributed by atoms with E-state index in [1.54, 1.807) is 0 Å². The predicted octanol–water partition coefficient (Wildman–Crippen LogP) is 2.81. The van der Waals surface area contributed by atoms with Gasteiger partial charge in [-0.05, 0) is 24.5 Å². The van der Waals surface area contributed by atoms with Crippen molar-refractivity contribution < 1.29 is 0 Å². The third kappa shape index (κ3) is 0.523. The molecule has 0 bridgehead atoms. The lowest BCUT2D eigenvalue weighted by molar-refractivity contribution is 1.12. The molecule has 1 nitrogen and oxygen atoms in total. The molecule has 0 atom stereocenters. The number of aryl methyl sites for hydroxylation is 2. The molecule has 1 aromatic carbocycles. The van der Waals surface area contributed by atoms with Gasteiger partial charge in [0.05, 0.1) is 11.2 Å². The molecule has 12 heavy (non-hydrogen) atoms. The summed E-state index contributed by atoms with van der Waals surface area (Å²) in [5.41, 5.74) is 5.80. The minimum absolute atomic E-state index is 1.14. The Morgan fingerprint density at radius 1 is 1.33 bits per heavy atom. The minimum Gasteiger partial charge on any atom is -0.312 e. The molecule has 2 heterocycles. The molecule has 0 saturated heterocycles. The van der Waals surface area contributed by atoms with Crippen LogP contribution in [0, 0.1) is 6.92 Å². The zero-order valence-corrected chi connectivity index (χ0v) is 7.39. The molecule has 1 aromatic heterocycles. The van der Waals surface area contributed by atoms with Crippen molar-refractivity contribution in [3.63, 3.8) is 0 Å². The van der Waals surface area contributed by atoms with Gasteiger partial charge in [0.25, 0.3) is 0 Å². The number of fused-ring (bicyclic) bond motifs is 1. The number of aromatic nitrogens is 1. The fraction of sp³-hybridized carbons (Fsp3) is 0.273. The molecule has 0 aliphatic carbocycles. The van der Waals surface area contributed by atoms with Gasteiger partial charge in [0.2, 0.25) is 0 Å². The van der Waals surface area contributed by atoms with E-state index in [2.05, 4.69) is 36.7 Å². The lowest BCUT2D eigenvalue weighted by Crippen LogP contribution is -1.81. The van der Waals surface area contributed by atoms with Crippen molar-refractivity contribution >= 4 is 10.9 Å². The van der Waals surface area contributed by atoms with Crippen molar-refractivity contribution in [2.45, 2.75) is 20.3 Å². The Balaban J connectivity index is 2.42. The van der Waals surface area contributed by atoms with Crippen molar-refractivity contribution in [2.75, 3.05) is 0 Å². The Morgan fingerprint density at radius 3 is 2.92 bits per heavy atom. The molecule has 0 amide bonds. The topological polar surface area (TPSA) is 4.93 Å². The largest absolute Gasteiger partial charge is 0.312 e. The van der Waals surface area contributed by atoms with E-state index in [-0.39, 0.29) is 0 Å². The van der Waals surface area contributed by atoms with Gasteiger partial charge in [0.1, 0.15) is 0 Å². The van der Waals surface area contributed by atoms with E-state index >= 15 is 0 Å². The Bertz CT molecular complexity index is 477. The second-order valence-corrected chi connectivity index (χ2v) is 3.51. The molecule has 1 aliphatic rings. The fourth-order valence-electron chi connectivity index (χ4n) is 2.07. The van der Waals surface area contributed by atoms with E-state index in [9.17, 15) is 0 Å². The highest BCUT2D eigenvalue weighted by atomic mass is 15.1. The van der Waals surface area contributed by atoms with Crippen LogP contribution in [0.2, 0.25) is 0 Å². The molecule has 0 unspecified atom stereocenters. The van der Waals surface area contributed by atoms with Crippen LogP contribution in [0.5, 0.6) is 0 Å². The summed E-state index contributed by atoms with van der Waals surface area (Å²) in [5, 5.41) is 1.46. The zero-order valence-electron chi connectivity index (χ0n) is 7.39. The molecule has 60 valence electrons. The second-order valence-electron chi connectivity index (χ2n) is 3.51. The van der Waals surface area contributed by atoms with Crippen molar-refractivity contribution in [3.05, 3.63) is 29.5 Å². The summed E-state index contributed by atoms with van der Waals surface area (Å²) in [5.74, 6) is 0. The summed E-state index contributed by atoms with van der Waals surface area (Å²) >= 11 is 0. The number of hydrogen-bond donors (Lipinski definition) is 0. The lowest BCUT2D eigenvalue weighted by Gasteiger charge is -1.96. The van der Waals surface area contributed by atoms with Crippen LogP contribution in [0.25, 0.3) is 16.6 Å². The van der Waals surface area contributed by atoms with Gasteiger partial charge in [-0.3, -0.25) is 0 Å². The van der Waals surface area contributed by atoms with Gasteiger partial charge in [0, 0.05) is 11.6 Å². The molecule has 1 heteroatoms. The Labute approximate surface area is 71.6 Å². The van der Waals surface area contributed by atoms with Gasteiger partial charge in [-0.15, -0.1) is 0 Å². The van der Waals surface area contributed by atoms with E-state index in [0.29, 0.717) is 0 Å². The van der Waals surface area contributed by atoms with E-state index in [0.717, 1.165) is 6.42 Å². The summed E-state index contributed by atoms with van der Waals surface area (Å²) in [6.45, 7) is 4.39. The third-order valence-corrected chi connectivity index (χ3v) is 2.80. The zero-order chi connectivity index (χ0) is 8.29. The van der Waals surface area contributed by atoms with Crippen molar-refractivity contribution in [1.29, 1.82) is 0 Å². The molecule has 0 fully saturated rings. The number of benzene rings is 1. The first kappa shape index (κ1) is 6.30. The minimum atomic E-state index is 1.14. The number of hydrogen-bond acceptors (Lipinski definition) is 0. The van der Waals surface area contributed by atoms with Crippen LogP contribution in [0.4, 0.5) is 0 Å². The van der Waals surface area contributed by atoms with Gasteiger partial charge >= 0.3 is 0 Å². The van der Waals surface area contributed by atoms with Crippen LogP contribution >= 0.6 is 0 Å². The molecular formula is C11H11N. The van der Waals surface area contributed by atoms with Gasteiger partial charge in [-0.2, -0.15) is 0 Å². The number of nitrogens with zero attached hydrogens (tertiary/aromatic N) is 1. The normalized spacial score (nSPS) is 12.5. The first-order valence-electron chi connectivity index (χ1n) is 4.47. The summed E-state index contributed by atoms with van der Waals surface area (Å²) in [6, 6.07) is 4.47. The van der Waals surface area contributed by atoms with Gasteiger partial charge in [-0.1, -0.05) is 19.1 Å². The Morgan fingerprint density at radius 2 is 2.17 bits per heavy atom. The van der Waals surface area contributed by atoms with Crippen LogP contribution in [0.15, 0.2) is 18.3 Å². The Kier molecular flexibility index (Phi) is 0.912. The molecule has 2 aromatic rings. The lowest BCUT2D eigenvalue weighted by atomic mass is 10.1. The summed E-state index contributed by atoms with van der Waals surface area (Å²) in [4.78, 5) is 0. The van der Waals surface area contributed by atoms with E-state index in [4.69, 9.17) is 0 Å².